The molecule has 7 heteroatoms. The van der Waals surface area contributed by atoms with Gasteiger partial charge in [-0.3, -0.25) is 9.59 Å². The second-order valence-corrected chi connectivity index (χ2v) is 6.15. The summed E-state index contributed by atoms with van der Waals surface area (Å²) in [6, 6.07) is 4.61. The van der Waals surface area contributed by atoms with Crippen LogP contribution in [0.2, 0.25) is 5.02 Å². The Bertz CT molecular complexity index is 645. The van der Waals surface area contributed by atoms with Crippen molar-refractivity contribution in [1.29, 1.82) is 0 Å². The van der Waals surface area contributed by atoms with Gasteiger partial charge in [0.1, 0.15) is 0 Å². The first kappa shape index (κ1) is 17.3. The van der Waals surface area contributed by atoms with E-state index in [1.54, 1.807) is 17.0 Å². The Balaban J connectivity index is 2.15. The number of ether oxygens (including phenoxy) is 1. The van der Waals surface area contributed by atoms with E-state index in [9.17, 15) is 14.4 Å². The van der Waals surface area contributed by atoms with Crippen LogP contribution in [0.3, 0.4) is 0 Å². The van der Waals surface area contributed by atoms with Crippen LogP contribution in [0.25, 0.3) is 0 Å². The smallest absolute Gasteiger partial charge is 0.340 e. The van der Waals surface area contributed by atoms with Gasteiger partial charge < -0.3 is 15.0 Å². The van der Waals surface area contributed by atoms with Crippen LogP contribution in [0.4, 0.5) is 5.69 Å². The van der Waals surface area contributed by atoms with E-state index in [1.807, 2.05) is 13.8 Å². The Morgan fingerprint density at radius 2 is 2.09 bits per heavy atom. The zero-order valence-corrected chi connectivity index (χ0v) is 14.0. The lowest BCUT2D eigenvalue weighted by molar-refractivity contribution is -0.129. The first-order valence-corrected chi connectivity index (χ1v) is 7.69. The van der Waals surface area contributed by atoms with Crippen LogP contribution in [0.1, 0.15) is 30.6 Å². The number of hydrogen-bond donors (Lipinski definition) is 1. The fourth-order valence-corrected chi connectivity index (χ4v) is 2.72. The van der Waals surface area contributed by atoms with Gasteiger partial charge in [0.05, 0.1) is 24.3 Å². The van der Waals surface area contributed by atoms with Crippen molar-refractivity contribution in [3.63, 3.8) is 0 Å². The largest absolute Gasteiger partial charge is 0.465 e. The minimum absolute atomic E-state index is 0.0375. The van der Waals surface area contributed by atoms with Crippen LogP contribution in [0.15, 0.2) is 18.2 Å². The van der Waals surface area contributed by atoms with E-state index in [2.05, 4.69) is 5.32 Å². The first-order chi connectivity index (χ1) is 10.8. The number of amides is 2. The summed E-state index contributed by atoms with van der Waals surface area (Å²) in [5.74, 6) is -1.36. The van der Waals surface area contributed by atoms with Crippen molar-refractivity contribution in [1.82, 2.24) is 4.90 Å². The highest BCUT2D eigenvalue weighted by Gasteiger charge is 2.35. The zero-order chi connectivity index (χ0) is 17.1. The summed E-state index contributed by atoms with van der Waals surface area (Å²) in [7, 11) is 1.25. The van der Waals surface area contributed by atoms with Crippen LogP contribution in [0.5, 0.6) is 0 Å². The number of hydrogen-bond acceptors (Lipinski definition) is 4. The number of carbonyl (C=O) groups excluding carboxylic acids is 3. The van der Waals surface area contributed by atoms with Crippen molar-refractivity contribution < 1.29 is 19.1 Å². The van der Waals surface area contributed by atoms with Crippen molar-refractivity contribution in [2.75, 3.05) is 19.0 Å². The van der Waals surface area contributed by atoms with Crippen LogP contribution in [0, 0.1) is 5.92 Å². The Morgan fingerprint density at radius 1 is 1.39 bits per heavy atom. The number of carbonyl (C=O) groups is 3. The Hall–Kier alpha value is -2.08. The number of halogens is 1. The molecule has 0 bridgehead atoms. The fourth-order valence-electron chi connectivity index (χ4n) is 2.55. The van der Waals surface area contributed by atoms with Crippen LogP contribution >= 0.6 is 11.6 Å². The zero-order valence-electron chi connectivity index (χ0n) is 13.3. The highest BCUT2D eigenvalue weighted by Crippen LogP contribution is 2.25. The molecule has 1 unspecified atom stereocenters. The van der Waals surface area contributed by atoms with Gasteiger partial charge in [-0.15, -0.1) is 0 Å². The number of anilines is 1. The summed E-state index contributed by atoms with van der Waals surface area (Å²) in [6.07, 6.45) is 0.172. The SMILES string of the molecule is COC(=O)c1cc(Cl)ccc1NC(=O)C1CC(=O)N(C(C)C)C1. The number of nitrogens with zero attached hydrogens (tertiary/aromatic N) is 1. The highest BCUT2D eigenvalue weighted by molar-refractivity contribution is 6.31. The minimum atomic E-state index is -0.589. The molecule has 124 valence electrons. The van der Waals surface area contributed by atoms with Gasteiger partial charge in [0.25, 0.3) is 0 Å². The molecule has 1 N–H and O–H groups in total. The second-order valence-electron chi connectivity index (χ2n) is 5.71. The summed E-state index contributed by atoms with van der Waals surface area (Å²) in [5, 5.41) is 3.06. The van der Waals surface area contributed by atoms with E-state index >= 15 is 0 Å². The van der Waals surface area contributed by atoms with E-state index in [1.165, 1.54) is 13.2 Å². The standard InChI is InChI=1S/C16H19ClN2O4/c1-9(2)19-8-10(6-14(19)20)15(21)18-13-5-4-11(17)7-12(13)16(22)23-3/h4-5,7,9-10H,6,8H2,1-3H3,(H,18,21). The molecule has 1 aliphatic heterocycles. The van der Waals surface area contributed by atoms with Crippen molar-refractivity contribution in [3.05, 3.63) is 28.8 Å². The molecule has 1 aromatic rings. The normalized spacial score (nSPS) is 17.5. The third kappa shape index (κ3) is 3.82. The quantitative estimate of drug-likeness (QED) is 0.855. The lowest BCUT2D eigenvalue weighted by atomic mass is 10.1. The van der Waals surface area contributed by atoms with E-state index in [0.717, 1.165) is 0 Å². The van der Waals surface area contributed by atoms with Crippen LogP contribution in [-0.4, -0.2) is 42.4 Å². The number of methoxy groups -OCH3 is 1. The Labute approximate surface area is 139 Å². The predicted octanol–water partition coefficient (Wildman–Crippen LogP) is 2.32. The van der Waals surface area contributed by atoms with Gasteiger partial charge in [0.15, 0.2) is 0 Å². The monoisotopic (exact) mass is 338 g/mol. The topological polar surface area (TPSA) is 75.7 Å². The summed E-state index contributed by atoms with van der Waals surface area (Å²) in [5.41, 5.74) is 0.500. The molecule has 1 saturated heterocycles. The molecule has 1 atom stereocenters. The van der Waals surface area contributed by atoms with Crippen molar-refractivity contribution >= 4 is 35.1 Å². The van der Waals surface area contributed by atoms with Gasteiger partial charge in [-0.1, -0.05) is 11.6 Å². The van der Waals surface area contributed by atoms with E-state index in [0.29, 0.717) is 17.3 Å². The number of rotatable bonds is 4. The molecule has 6 nitrogen and oxygen atoms in total. The molecule has 1 aromatic carbocycles. The predicted molar refractivity (Wildman–Crippen MR) is 86.4 cm³/mol. The summed E-state index contributed by atoms with van der Waals surface area (Å²) >= 11 is 5.88. The molecule has 0 aromatic heterocycles. The number of likely N-dealkylation sites (tertiary alicyclic amines) is 1. The highest BCUT2D eigenvalue weighted by atomic mass is 35.5. The Kier molecular flexibility index (Phi) is 5.26. The lowest BCUT2D eigenvalue weighted by Crippen LogP contribution is -2.33. The average Bonchev–Trinajstić information content (AvgIpc) is 2.90. The third-order valence-corrected chi connectivity index (χ3v) is 4.03. The number of benzene rings is 1. The van der Waals surface area contributed by atoms with Gasteiger partial charge in [0, 0.05) is 24.0 Å². The van der Waals surface area contributed by atoms with Gasteiger partial charge in [-0.2, -0.15) is 0 Å². The second kappa shape index (κ2) is 7.00. The van der Waals surface area contributed by atoms with Gasteiger partial charge in [-0.25, -0.2) is 4.79 Å². The van der Waals surface area contributed by atoms with Crippen LogP contribution in [-0.2, 0) is 14.3 Å². The van der Waals surface area contributed by atoms with E-state index < -0.39 is 11.9 Å². The lowest BCUT2D eigenvalue weighted by Gasteiger charge is -2.20. The van der Waals surface area contributed by atoms with Crippen molar-refractivity contribution in [2.45, 2.75) is 26.3 Å². The molecule has 1 heterocycles. The maximum Gasteiger partial charge on any atom is 0.340 e. The summed E-state index contributed by atoms with van der Waals surface area (Å²) < 4.78 is 4.69. The molecular weight excluding hydrogens is 320 g/mol. The molecule has 1 fully saturated rings. The molecule has 2 rings (SSSR count). The third-order valence-electron chi connectivity index (χ3n) is 3.80. The maximum atomic E-state index is 12.4. The average molecular weight is 339 g/mol. The molecule has 2 amide bonds. The van der Waals surface area contributed by atoms with Gasteiger partial charge >= 0.3 is 5.97 Å². The number of nitrogens with one attached hydrogen (secondary N) is 1. The van der Waals surface area contributed by atoms with Gasteiger partial charge in [-0.05, 0) is 32.0 Å². The fraction of sp³-hybridized carbons (Fsp3) is 0.438. The molecule has 0 spiro atoms. The van der Waals surface area contributed by atoms with Crippen molar-refractivity contribution in [3.8, 4) is 0 Å². The van der Waals surface area contributed by atoms with Crippen molar-refractivity contribution in [2.24, 2.45) is 5.92 Å². The minimum Gasteiger partial charge on any atom is -0.465 e. The maximum absolute atomic E-state index is 12.4. The molecule has 1 aliphatic rings. The van der Waals surface area contributed by atoms with Crippen LogP contribution < -0.4 is 5.32 Å². The molecule has 0 saturated carbocycles. The summed E-state index contributed by atoms with van der Waals surface area (Å²) in [6.45, 7) is 4.20. The molecule has 23 heavy (non-hydrogen) atoms. The molecular formula is C16H19ClN2O4. The molecule has 0 radical (unpaired) electrons. The number of esters is 1. The summed E-state index contributed by atoms with van der Waals surface area (Å²) in [4.78, 5) is 37.8. The Morgan fingerprint density at radius 3 is 2.65 bits per heavy atom. The van der Waals surface area contributed by atoms with Gasteiger partial charge in [0.2, 0.25) is 11.8 Å². The molecule has 0 aliphatic carbocycles. The van der Waals surface area contributed by atoms with E-state index in [4.69, 9.17) is 16.3 Å². The van der Waals surface area contributed by atoms with E-state index in [-0.39, 0.29) is 29.8 Å². The first-order valence-electron chi connectivity index (χ1n) is 7.31.